The molecule has 0 saturated heterocycles. The van der Waals surface area contributed by atoms with E-state index >= 15 is 0 Å². The molecule has 0 aliphatic rings. The maximum atomic E-state index is 8.73. The fraction of sp³-hybridized carbons (Fsp3) is 0. The van der Waals surface area contributed by atoms with Crippen LogP contribution in [-0.2, 0) is 0 Å². The lowest BCUT2D eigenvalue weighted by Crippen LogP contribution is -1.80. The summed E-state index contributed by atoms with van der Waals surface area (Å²) < 4.78 is 0. The number of phenolic OH excluding ortho intramolecular Hbond substituents is 1. The zero-order valence-corrected chi connectivity index (χ0v) is 6.78. The van der Waals surface area contributed by atoms with Gasteiger partial charge < -0.3 is 10.8 Å². The number of nitrogens with two attached hydrogens (primary N) is 1. The number of benzene rings is 1. The van der Waals surface area contributed by atoms with Crippen molar-refractivity contribution in [3.05, 3.63) is 24.3 Å². The van der Waals surface area contributed by atoms with Crippen molar-refractivity contribution >= 4 is 30.5 Å². The molecular formula is C6H9Cl2NO. The van der Waals surface area contributed by atoms with Crippen LogP contribution in [0.1, 0.15) is 0 Å². The van der Waals surface area contributed by atoms with E-state index < -0.39 is 0 Å². The van der Waals surface area contributed by atoms with E-state index in [9.17, 15) is 0 Å². The molecular weight excluding hydrogens is 173 g/mol. The Bertz CT molecular complexity index is 176. The van der Waals surface area contributed by atoms with Gasteiger partial charge in [-0.05, 0) is 12.1 Å². The number of anilines is 1. The Morgan fingerprint density at radius 3 is 2.10 bits per heavy atom. The number of halogens is 2. The van der Waals surface area contributed by atoms with Gasteiger partial charge in [0.25, 0.3) is 0 Å². The largest absolute Gasteiger partial charge is 0.508 e. The number of hydrogen-bond donors (Lipinski definition) is 2. The van der Waals surface area contributed by atoms with Crippen molar-refractivity contribution in [3.63, 3.8) is 0 Å². The summed E-state index contributed by atoms with van der Waals surface area (Å²) in [7, 11) is 0. The van der Waals surface area contributed by atoms with Crippen molar-refractivity contribution < 1.29 is 5.11 Å². The van der Waals surface area contributed by atoms with Crippen molar-refractivity contribution in [2.75, 3.05) is 5.73 Å². The van der Waals surface area contributed by atoms with E-state index in [2.05, 4.69) is 0 Å². The Kier molecular flexibility index (Phi) is 6.31. The molecule has 1 aromatic rings. The minimum Gasteiger partial charge on any atom is -0.508 e. The number of phenols is 1. The van der Waals surface area contributed by atoms with Crippen LogP contribution >= 0.6 is 24.8 Å². The van der Waals surface area contributed by atoms with Gasteiger partial charge in [-0.3, -0.25) is 0 Å². The third-order valence-corrected chi connectivity index (χ3v) is 0.870. The van der Waals surface area contributed by atoms with Crippen molar-refractivity contribution in [1.82, 2.24) is 0 Å². The van der Waals surface area contributed by atoms with E-state index in [0.29, 0.717) is 5.69 Å². The number of nitrogen functional groups attached to an aromatic ring is 1. The Morgan fingerprint density at radius 2 is 1.80 bits per heavy atom. The Balaban J connectivity index is 0. The normalized spacial score (nSPS) is 7.20. The van der Waals surface area contributed by atoms with Gasteiger partial charge in [0.1, 0.15) is 5.75 Å². The second-order valence-electron chi connectivity index (χ2n) is 1.59. The first-order valence-corrected chi connectivity index (χ1v) is 2.33. The Hall–Kier alpha value is -0.600. The average Bonchev–Trinajstić information content (AvgIpc) is 1.64. The summed E-state index contributed by atoms with van der Waals surface area (Å²) in [6.07, 6.45) is 0. The zero-order chi connectivity index (χ0) is 5.98. The van der Waals surface area contributed by atoms with Gasteiger partial charge in [-0.15, -0.1) is 24.8 Å². The highest BCUT2D eigenvalue weighted by Crippen LogP contribution is 2.10. The number of hydrogen-bond acceptors (Lipinski definition) is 2. The molecule has 0 spiro atoms. The number of rotatable bonds is 0. The molecule has 1 rings (SSSR count). The standard InChI is InChI=1S/C6H7NO.2ClH/c7-5-2-1-3-6(8)4-5;;/h1-4,8H,7H2;2*1H. The fourth-order valence-corrected chi connectivity index (χ4v) is 0.525. The van der Waals surface area contributed by atoms with Gasteiger partial charge in [0, 0.05) is 11.8 Å². The molecule has 0 amide bonds. The highest BCUT2D eigenvalue weighted by molar-refractivity contribution is 5.85. The predicted octanol–water partition coefficient (Wildman–Crippen LogP) is 1.82. The summed E-state index contributed by atoms with van der Waals surface area (Å²) in [4.78, 5) is 0. The van der Waals surface area contributed by atoms with Crippen molar-refractivity contribution in [2.24, 2.45) is 0 Å². The van der Waals surface area contributed by atoms with Gasteiger partial charge in [0.15, 0.2) is 0 Å². The van der Waals surface area contributed by atoms with Crippen LogP contribution in [0.2, 0.25) is 0 Å². The molecule has 58 valence electrons. The van der Waals surface area contributed by atoms with E-state index in [1.807, 2.05) is 0 Å². The third kappa shape index (κ3) is 3.43. The second kappa shape index (κ2) is 5.21. The molecule has 1 aromatic carbocycles. The molecule has 0 unspecified atom stereocenters. The molecule has 0 saturated carbocycles. The van der Waals surface area contributed by atoms with Gasteiger partial charge in [0.2, 0.25) is 0 Å². The summed E-state index contributed by atoms with van der Waals surface area (Å²) in [5.74, 6) is 0.213. The molecule has 0 radical (unpaired) electrons. The molecule has 2 nitrogen and oxygen atoms in total. The van der Waals surface area contributed by atoms with Gasteiger partial charge >= 0.3 is 0 Å². The summed E-state index contributed by atoms with van der Waals surface area (Å²) >= 11 is 0. The molecule has 0 heterocycles. The van der Waals surface area contributed by atoms with Crippen LogP contribution in [0.3, 0.4) is 0 Å². The predicted molar refractivity (Wildman–Crippen MR) is 47.0 cm³/mol. The third-order valence-electron chi connectivity index (χ3n) is 0.870. The first kappa shape index (κ1) is 12.1. The molecule has 0 fully saturated rings. The lowest BCUT2D eigenvalue weighted by atomic mass is 10.3. The lowest BCUT2D eigenvalue weighted by Gasteiger charge is -1.90. The molecule has 0 bridgehead atoms. The Labute approximate surface area is 71.9 Å². The molecule has 4 heteroatoms. The highest BCUT2D eigenvalue weighted by Gasteiger charge is 1.83. The summed E-state index contributed by atoms with van der Waals surface area (Å²) in [6.45, 7) is 0. The zero-order valence-electron chi connectivity index (χ0n) is 5.15. The molecule has 0 aliphatic heterocycles. The second-order valence-corrected chi connectivity index (χ2v) is 1.59. The lowest BCUT2D eigenvalue weighted by molar-refractivity contribution is 0.475. The van der Waals surface area contributed by atoms with E-state index in [1.165, 1.54) is 6.07 Å². The fourth-order valence-electron chi connectivity index (χ4n) is 0.525. The first-order chi connectivity index (χ1) is 3.79. The van der Waals surface area contributed by atoms with Crippen LogP contribution in [0.5, 0.6) is 5.75 Å². The van der Waals surface area contributed by atoms with Gasteiger partial charge in [-0.1, -0.05) is 6.07 Å². The SMILES string of the molecule is Cl.Cl.Nc1cccc(O)c1. The average molecular weight is 182 g/mol. The smallest absolute Gasteiger partial charge is 0.117 e. The Morgan fingerprint density at radius 1 is 1.20 bits per heavy atom. The maximum Gasteiger partial charge on any atom is 0.117 e. The molecule has 0 atom stereocenters. The van der Waals surface area contributed by atoms with Crippen molar-refractivity contribution in [3.8, 4) is 5.75 Å². The van der Waals surface area contributed by atoms with E-state index in [4.69, 9.17) is 10.8 Å². The number of aromatic hydroxyl groups is 1. The van der Waals surface area contributed by atoms with Gasteiger partial charge in [-0.25, -0.2) is 0 Å². The molecule has 10 heavy (non-hydrogen) atoms. The monoisotopic (exact) mass is 181 g/mol. The molecule has 0 aromatic heterocycles. The summed E-state index contributed by atoms with van der Waals surface area (Å²) in [5.41, 5.74) is 5.89. The van der Waals surface area contributed by atoms with Crippen LogP contribution in [0.4, 0.5) is 5.69 Å². The van der Waals surface area contributed by atoms with Crippen LogP contribution < -0.4 is 5.73 Å². The minimum atomic E-state index is 0. The minimum absolute atomic E-state index is 0. The van der Waals surface area contributed by atoms with Gasteiger partial charge in [-0.2, -0.15) is 0 Å². The molecule has 3 N–H and O–H groups in total. The van der Waals surface area contributed by atoms with E-state index in [0.717, 1.165) is 0 Å². The van der Waals surface area contributed by atoms with E-state index in [1.54, 1.807) is 18.2 Å². The van der Waals surface area contributed by atoms with Crippen LogP contribution in [0.25, 0.3) is 0 Å². The summed E-state index contributed by atoms with van der Waals surface area (Å²) in [5, 5.41) is 8.73. The van der Waals surface area contributed by atoms with E-state index in [-0.39, 0.29) is 30.6 Å². The van der Waals surface area contributed by atoms with Crippen LogP contribution in [0.15, 0.2) is 24.3 Å². The topological polar surface area (TPSA) is 46.2 Å². The highest BCUT2D eigenvalue weighted by atomic mass is 35.5. The van der Waals surface area contributed by atoms with Gasteiger partial charge in [0.05, 0.1) is 0 Å². The quantitative estimate of drug-likeness (QED) is 0.601. The molecule has 0 aliphatic carbocycles. The maximum absolute atomic E-state index is 8.73. The van der Waals surface area contributed by atoms with Crippen LogP contribution in [-0.4, -0.2) is 5.11 Å². The first-order valence-electron chi connectivity index (χ1n) is 2.33. The van der Waals surface area contributed by atoms with Crippen LogP contribution in [0, 0.1) is 0 Å². The van der Waals surface area contributed by atoms with Crippen molar-refractivity contribution in [2.45, 2.75) is 0 Å². The van der Waals surface area contributed by atoms with Crippen molar-refractivity contribution in [1.29, 1.82) is 0 Å². The summed E-state index contributed by atoms with van der Waals surface area (Å²) in [6, 6.07) is 6.50.